The summed E-state index contributed by atoms with van der Waals surface area (Å²) < 4.78 is 39.5. The lowest BCUT2D eigenvalue weighted by Gasteiger charge is -2.11. The zero-order valence-electron chi connectivity index (χ0n) is 16.3. The molecule has 5 nitrogen and oxygen atoms in total. The lowest BCUT2D eigenvalue weighted by atomic mass is 9.98. The van der Waals surface area contributed by atoms with Gasteiger partial charge < -0.3 is 5.32 Å². The Morgan fingerprint density at radius 1 is 1.30 bits per heavy atom. The number of benzene rings is 1. The number of Topliss-reactive ketones (excluding diaryl/α,β-unsaturated/α-hetero) is 1. The van der Waals surface area contributed by atoms with Gasteiger partial charge in [-0.05, 0) is 59.3 Å². The number of hydrogen-bond acceptors (Lipinski definition) is 4. The van der Waals surface area contributed by atoms with Crippen molar-refractivity contribution >= 4 is 33.0 Å². The van der Waals surface area contributed by atoms with Crippen LogP contribution < -0.4 is 5.32 Å². The minimum absolute atomic E-state index is 0.164. The molecule has 0 atom stereocenters. The molecule has 9 heteroatoms. The lowest BCUT2D eigenvalue weighted by molar-refractivity contribution is -0.131. The monoisotopic (exact) mass is 480 g/mol. The molecule has 2 heterocycles. The van der Waals surface area contributed by atoms with E-state index < -0.39 is 12.6 Å². The Bertz CT molecular complexity index is 1110. The topological polar surface area (TPSA) is 59.3 Å². The Morgan fingerprint density at radius 3 is 2.73 bits per heavy atom. The second-order valence-corrected chi connectivity index (χ2v) is 8.46. The second kappa shape index (κ2) is 8.02. The molecule has 1 aliphatic rings. The number of nitrogens with zero attached hydrogens (tertiary/aromatic N) is 3. The van der Waals surface area contributed by atoms with Crippen molar-refractivity contribution in [2.45, 2.75) is 38.8 Å². The number of halogens is 4. The van der Waals surface area contributed by atoms with Crippen LogP contribution in [-0.2, 0) is 0 Å². The number of anilines is 1. The third-order valence-electron chi connectivity index (χ3n) is 5.16. The Balaban J connectivity index is 1.63. The van der Waals surface area contributed by atoms with Crippen LogP contribution >= 0.6 is 15.9 Å². The van der Waals surface area contributed by atoms with Gasteiger partial charge >= 0.3 is 6.18 Å². The molecule has 0 unspecified atom stereocenters. The van der Waals surface area contributed by atoms with Gasteiger partial charge in [-0.15, -0.1) is 0 Å². The molecule has 0 spiro atoms. The summed E-state index contributed by atoms with van der Waals surface area (Å²) in [7, 11) is 0. The van der Waals surface area contributed by atoms with E-state index in [9.17, 15) is 18.0 Å². The quantitative estimate of drug-likeness (QED) is 0.433. The molecule has 0 aliphatic heterocycles. The van der Waals surface area contributed by atoms with Crippen molar-refractivity contribution in [3.05, 3.63) is 46.2 Å². The number of nitrogens with one attached hydrogen (secondary N) is 1. The fraction of sp³-hybridized carbons (Fsp3) is 0.381. The molecule has 2 aromatic heterocycles. The van der Waals surface area contributed by atoms with Crippen LogP contribution in [0.2, 0.25) is 0 Å². The Hall–Kier alpha value is -2.42. The summed E-state index contributed by atoms with van der Waals surface area (Å²) in [6, 6.07) is 7.21. The van der Waals surface area contributed by atoms with E-state index in [0.717, 1.165) is 29.5 Å². The number of alkyl halides is 3. The van der Waals surface area contributed by atoms with Gasteiger partial charge in [-0.25, -0.2) is 9.50 Å². The van der Waals surface area contributed by atoms with Crippen molar-refractivity contribution in [1.29, 1.82) is 0 Å². The predicted molar refractivity (Wildman–Crippen MR) is 112 cm³/mol. The molecule has 158 valence electrons. The SMILES string of the molecule is Cc1cc(-c2cnc3c(NCCC(F)(F)F)cc(Br)nn23)ccc1C(=O)CC1CC1. The van der Waals surface area contributed by atoms with Crippen LogP contribution in [0.5, 0.6) is 0 Å². The smallest absolute Gasteiger partial charge is 0.382 e. The van der Waals surface area contributed by atoms with E-state index in [1.807, 2.05) is 25.1 Å². The molecule has 0 amide bonds. The first kappa shape index (κ1) is 20.8. The van der Waals surface area contributed by atoms with Gasteiger partial charge in [0.1, 0.15) is 4.60 Å². The Labute approximate surface area is 179 Å². The van der Waals surface area contributed by atoms with E-state index in [1.165, 1.54) is 0 Å². The van der Waals surface area contributed by atoms with Crippen LogP contribution in [0.1, 0.15) is 41.6 Å². The molecular formula is C21H20BrF3N4O. The maximum absolute atomic E-state index is 12.5. The highest BCUT2D eigenvalue weighted by atomic mass is 79.9. The van der Waals surface area contributed by atoms with Crippen molar-refractivity contribution in [2.24, 2.45) is 5.92 Å². The highest BCUT2D eigenvalue weighted by molar-refractivity contribution is 9.10. The van der Waals surface area contributed by atoms with E-state index in [0.29, 0.717) is 34.0 Å². The van der Waals surface area contributed by atoms with Crippen molar-refractivity contribution in [2.75, 3.05) is 11.9 Å². The number of imidazole rings is 1. The van der Waals surface area contributed by atoms with Gasteiger partial charge in [0.25, 0.3) is 0 Å². The zero-order valence-corrected chi connectivity index (χ0v) is 17.8. The van der Waals surface area contributed by atoms with Gasteiger partial charge in [0.05, 0.1) is 24.0 Å². The van der Waals surface area contributed by atoms with Gasteiger partial charge in [-0.3, -0.25) is 4.79 Å². The Kier molecular flexibility index (Phi) is 5.57. The van der Waals surface area contributed by atoms with Gasteiger partial charge in [-0.1, -0.05) is 12.1 Å². The molecule has 1 aliphatic carbocycles. The van der Waals surface area contributed by atoms with Crippen molar-refractivity contribution < 1.29 is 18.0 Å². The van der Waals surface area contributed by atoms with E-state index in [1.54, 1.807) is 16.8 Å². The number of aromatic nitrogens is 3. The van der Waals surface area contributed by atoms with Crippen LogP contribution in [0.25, 0.3) is 16.9 Å². The molecule has 0 radical (unpaired) electrons. The summed E-state index contributed by atoms with van der Waals surface area (Å²) in [5.41, 5.74) is 4.02. The van der Waals surface area contributed by atoms with Gasteiger partial charge in [-0.2, -0.15) is 18.3 Å². The first-order chi connectivity index (χ1) is 14.2. The van der Waals surface area contributed by atoms with Gasteiger partial charge in [0.15, 0.2) is 11.4 Å². The highest BCUT2D eigenvalue weighted by Gasteiger charge is 2.27. The van der Waals surface area contributed by atoms with Crippen LogP contribution in [0.15, 0.2) is 35.1 Å². The Morgan fingerprint density at radius 2 is 2.07 bits per heavy atom. The van der Waals surface area contributed by atoms with Crippen molar-refractivity contribution in [1.82, 2.24) is 14.6 Å². The summed E-state index contributed by atoms with van der Waals surface area (Å²) in [4.78, 5) is 16.8. The van der Waals surface area contributed by atoms with E-state index in [-0.39, 0.29) is 12.3 Å². The number of ketones is 1. The van der Waals surface area contributed by atoms with Crippen LogP contribution in [0.4, 0.5) is 18.9 Å². The van der Waals surface area contributed by atoms with Crippen molar-refractivity contribution in [3.63, 3.8) is 0 Å². The molecule has 0 bridgehead atoms. The van der Waals surface area contributed by atoms with Gasteiger partial charge in [0, 0.05) is 24.1 Å². The standard InChI is InChI=1S/C21H20BrF3N4O/c1-12-8-14(4-5-15(12)18(30)9-13-2-3-13)17-11-27-20-16(10-19(22)28-29(17)20)26-7-6-21(23,24)25/h4-5,8,10-11,13,26H,2-3,6-7,9H2,1H3. The number of rotatable bonds is 7. The first-order valence-electron chi connectivity index (χ1n) is 9.70. The molecule has 3 aromatic rings. The highest BCUT2D eigenvalue weighted by Crippen LogP contribution is 2.34. The minimum atomic E-state index is -4.23. The van der Waals surface area contributed by atoms with E-state index in [4.69, 9.17) is 0 Å². The third-order valence-corrected chi connectivity index (χ3v) is 5.54. The van der Waals surface area contributed by atoms with Crippen LogP contribution in [-0.4, -0.2) is 33.1 Å². The number of aryl methyl sites for hydroxylation is 1. The largest absolute Gasteiger partial charge is 0.390 e. The number of carbonyl (C=O) groups excluding carboxylic acids is 1. The van der Waals surface area contributed by atoms with Crippen LogP contribution in [0, 0.1) is 12.8 Å². The average molecular weight is 481 g/mol. The van der Waals surface area contributed by atoms with E-state index >= 15 is 0 Å². The molecule has 4 rings (SSSR count). The molecule has 1 fully saturated rings. The summed E-state index contributed by atoms with van der Waals surface area (Å²) in [5, 5.41) is 7.20. The molecular weight excluding hydrogens is 461 g/mol. The normalized spacial score (nSPS) is 14.3. The second-order valence-electron chi connectivity index (χ2n) is 7.65. The number of fused-ring (bicyclic) bond motifs is 1. The summed E-state index contributed by atoms with van der Waals surface area (Å²) in [6.07, 6.45) is -0.691. The first-order valence-corrected chi connectivity index (χ1v) is 10.5. The zero-order chi connectivity index (χ0) is 21.5. The molecule has 0 saturated heterocycles. The minimum Gasteiger partial charge on any atom is -0.382 e. The van der Waals surface area contributed by atoms with Crippen molar-refractivity contribution in [3.8, 4) is 11.3 Å². The fourth-order valence-corrected chi connectivity index (χ4v) is 3.82. The summed E-state index contributed by atoms with van der Waals surface area (Å²) in [5.74, 6) is 0.692. The maximum Gasteiger partial charge on any atom is 0.390 e. The fourth-order valence-electron chi connectivity index (χ4n) is 3.43. The lowest BCUT2D eigenvalue weighted by Crippen LogP contribution is -2.15. The summed E-state index contributed by atoms with van der Waals surface area (Å²) >= 11 is 3.31. The number of carbonyl (C=O) groups is 1. The molecule has 1 N–H and O–H groups in total. The van der Waals surface area contributed by atoms with E-state index in [2.05, 4.69) is 31.3 Å². The maximum atomic E-state index is 12.5. The van der Waals surface area contributed by atoms with Crippen LogP contribution in [0.3, 0.4) is 0 Å². The molecule has 30 heavy (non-hydrogen) atoms. The molecule has 1 aromatic carbocycles. The van der Waals surface area contributed by atoms with Gasteiger partial charge in [0.2, 0.25) is 0 Å². The average Bonchev–Trinajstić information content (AvgIpc) is 3.36. The third kappa shape index (κ3) is 4.66. The number of hydrogen-bond donors (Lipinski definition) is 1. The molecule has 1 saturated carbocycles. The predicted octanol–water partition coefficient (Wildman–Crippen LogP) is 5.81. The summed E-state index contributed by atoms with van der Waals surface area (Å²) in [6.45, 7) is 1.65.